The second-order valence-electron chi connectivity index (χ2n) is 10.1. The second kappa shape index (κ2) is 10.1. The molecule has 0 unspecified atom stereocenters. The first-order chi connectivity index (χ1) is 15.8. The van der Waals surface area contributed by atoms with Gasteiger partial charge in [-0.25, -0.2) is 14.8 Å². The summed E-state index contributed by atoms with van der Waals surface area (Å²) in [6, 6.07) is 4.40. The Morgan fingerprint density at radius 1 is 1.18 bits per heavy atom. The molecule has 2 fully saturated rings. The molecule has 8 heteroatoms. The predicted molar refractivity (Wildman–Crippen MR) is 128 cm³/mol. The number of aryl methyl sites for hydroxylation is 1. The summed E-state index contributed by atoms with van der Waals surface area (Å²) < 4.78 is 17.3. The maximum atomic E-state index is 12.0. The summed E-state index contributed by atoms with van der Waals surface area (Å²) in [5.41, 5.74) is 1.55. The smallest absolute Gasteiger partial charge is 0.407 e. The summed E-state index contributed by atoms with van der Waals surface area (Å²) in [5, 5.41) is 3.95. The molecule has 0 spiro atoms. The van der Waals surface area contributed by atoms with Crippen molar-refractivity contribution in [2.24, 2.45) is 5.92 Å². The molecular formula is C25H36N4O4. The van der Waals surface area contributed by atoms with Crippen LogP contribution in [0.5, 0.6) is 5.75 Å². The van der Waals surface area contributed by atoms with E-state index < -0.39 is 5.60 Å². The summed E-state index contributed by atoms with van der Waals surface area (Å²) in [6.45, 7) is 11.4. The largest absolute Gasteiger partial charge is 0.492 e. The third kappa shape index (κ3) is 6.47. The first kappa shape index (κ1) is 23.5. The zero-order valence-corrected chi connectivity index (χ0v) is 20.2. The Morgan fingerprint density at radius 2 is 1.91 bits per heavy atom. The molecule has 1 aromatic heterocycles. The predicted octanol–water partition coefficient (Wildman–Crippen LogP) is 4.24. The number of alkyl carbamates (subject to hydrolysis) is 1. The number of aromatic nitrogens is 2. The SMILES string of the molecule is Cc1ncc2c(OCC3CCC(NC(=O)OC(C)(C)C)CC3)cc(N3CCOCC3)cc2n1. The Bertz CT molecular complexity index is 961. The van der Waals surface area contributed by atoms with Crippen molar-refractivity contribution in [1.82, 2.24) is 15.3 Å². The van der Waals surface area contributed by atoms with E-state index in [9.17, 15) is 4.79 Å². The number of benzene rings is 1. The maximum Gasteiger partial charge on any atom is 0.407 e. The molecule has 180 valence electrons. The highest BCUT2D eigenvalue weighted by Crippen LogP contribution is 2.33. The van der Waals surface area contributed by atoms with Crippen LogP contribution in [-0.2, 0) is 9.47 Å². The van der Waals surface area contributed by atoms with E-state index >= 15 is 0 Å². The number of carbonyl (C=O) groups excluding carboxylic acids is 1. The number of morpholine rings is 1. The Labute approximate surface area is 196 Å². The fraction of sp³-hybridized carbons (Fsp3) is 0.640. The van der Waals surface area contributed by atoms with Crippen molar-refractivity contribution in [3.05, 3.63) is 24.2 Å². The van der Waals surface area contributed by atoms with E-state index in [1.54, 1.807) is 0 Å². The maximum absolute atomic E-state index is 12.0. The van der Waals surface area contributed by atoms with Crippen LogP contribution in [0.4, 0.5) is 10.5 Å². The fourth-order valence-electron chi connectivity index (χ4n) is 4.46. The molecule has 0 bridgehead atoms. The standard InChI is InChI=1S/C25H36N4O4/c1-17-26-15-21-22(27-17)13-20(29-9-11-31-12-10-29)14-23(21)32-16-18-5-7-19(8-6-18)28-24(30)33-25(2,3)4/h13-15,18-19H,5-12,16H2,1-4H3,(H,28,30). The Balaban J connectivity index is 1.37. The van der Waals surface area contributed by atoms with E-state index in [1.165, 1.54) is 0 Å². The van der Waals surface area contributed by atoms with Crippen LogP contribution < -0.4 is 15.0 Å². The van der Waals surface area contributed by atoms with Gasteiger partial charge in [-0.3, -0.25) is 0 Å². The van der Waals surface area contributed by atoms with E-state index in [4.69, 9.17) is 14.2 Å². The lowest BCUT2D eigenvalue weighted by molar-refractivity contribution is 0.0483. The van der Waals surface area contributed by atoms with Gasteiger partial charge in [-0.2, -0.15) is 0 Å². The topological polar surface area (TPSA) is 85.8 Å². The third-order valence-corrected chi connectivity index (χ3v) is 6.19. The normalized spacial score (nSPS) is 21.6. The minimum Gasteiger partial charge on any atom is -0.492 e. The van der Waals surface area contributed by atoms with Gasteiger partial charge in [0.25, 0.3) is 0 Å². The minimum absolute atomic E-state index is 0.165. The molecule has 1 saturated heterocycles. The summed E-state index contributed by atoms with van der Waals surface area (Å²) in [7, 11) is 0. The van der Waals surface area contributed by atoms with Crippen LogP contribution in [0.25, 0.3) is 10.9 Å². The van der Waals surface area contributed by atoms with Crippen LogP contribution in [-0.4, -0.2) is 60.6 Å². The quantitative estimate of drug-likeness (QED) is 0.720. The summed E-state index contributed by atoms with van der Waals surface area (Å²) in [4.78, 5) is 23.4. The number of hydrogen-bond donors (Lipinski definition) is 1. The first-order valence-corrected chi connectivity index (χ1v) is 12.0. The number of rotatable bonds is 5. The Hall–Kier alpha value is -2.61. The number of nitrogens with zero attached hydrogens (tertiary/aromatic N) is 3. The molecule has 1 aromatic carbocycles. The number of carbonyl (C=O) groups is 1. The van der Waals surface area contributed by atoms with Gasteiger partial charge >= 0.3 is 6.09 Å². The van der Waals surface area contributed by atoms with E-state index in [0.717, 1.165) is 80.2 Å². The van der Waals surface area contributed by atoms with Crippen LogP contribution in [0.15, 0.2) is 18.3 Å². The molecular weight excluding hydrogens is 420 g/mol. The van der Waals surface area contributed by atoms with Crippen molar-refractivity contribution in [1.29, 1.82) is 0 Å². The molecule has 2 aliphatic rings. The van der Waals surface area contributed by atoms with Gasteiger partial charge in [0.2, 0.25) is 0 Å². The Morgan fingerprint density at radius 3 is 2.61 bits per heavy atom. The highest BCUT2D eigenvalue weighted by molar-refractivity contribution is 5.88. The van der Waals surface area contributed by atoms with E-state index in [0.29, 0.717) is 12.5 Å². The molecule has 2 aromatic rings. The van der Waals surface area contributed by atoms with Crippen LogP contribution in [0.1, 0.15) is 52.3 Å². The first-order valence-electron chi connectivity index (χ1n) is 12.0. The van der Waals surface area contributed by atoms with Crippen molar-refractivity contribution in [2.45, 2.75) is 65.0 Å². The number of fused-ring (bicyclic) bond motifs is 1. The highest BCUT2D eigenvalue weighted by atomic mass is 16.6. The van der Waals surface area contributed by atoms with Crippen LogP contribution in [0.3, 0.4) is 0 Å². The molecule has 1 saturated carbocycles. The van der Waals surface area contributed by atoms with Gasteiger partial charge in [0.1, 0.15) is 17.2 Å². The lowest BCUT2D eigenvalue weighted by Gasteiger charge is -2.31. The van der Waals surface area contributed by atoms with Crippen molar-refractivity contribution < 1.29 is 19.0 Å². The van der Waals surface area contributed by atoms with Crippen LogP contribution in [0, 0.1) is 12.8 Å². The molecule has 1 N–H and O–H groups in total. The average molecular weight is 457 g/mol. The van der Waals surface area contributed by atoms with Gasteiger partial charge < -0.3 is 24.4 Å². The van der Waals surface area contributed by atoms with Gasteiger partial charge in [0.05, 0.1) is 30.7 Å². The van der Waals surface area contributed by atoms with Crippen LogP contribution in [0.2, 0.25) is 0 Å². The molecule has 2 heterocycles. The number of anilines is 1. The lowest BCUT2D eigenvalue weighted by atomic mass is 9.86. The van der Waals surface area contributed by atoms with Crippen molar-refractivity contribution >= 4 is 22.7 Å². The molecule has 4 rings (SSSR count). The summed E-state index contributed by atoms with van der Waals surface area (Å²) in [5.74, 6) is 2.04. The van der Waals surface area contributed by atoms with Crippen molar-refractivity contribution in [2.75, 3.05) is 37.8 Å². The fourth-order valence-corrected chi connectivity index (χ4v) is 4.46. The Kier molecular flexibility index (Phi) is 7.22. The molecule has 1 aliphatic heterocycles. The van der Waals surface area contributed by atoms with Gasteiger partial charge in [0.15, 0.2) is 0 Å². The van der Waals surface area contributed by atoms with Crippen LogP contribution >= 0.6 is 0 Å². The van der Waals surface area contributed by atoms with E-state index in [1.807, 2.05) is 33.9 Å². The molecule has 1 aliphatic carbocycles. The van der Waals surface area contributed by atoms with Crippen molar-refractivity contribution in [3.8, 4) is 5.75 Å². The zero-order chi connectivity index (χ0) is 23.4. The number of amides is 1. The second-order valence-corrected chi connectivity index (χ2v) is 10.1. The highest BCUT2D eigenvalue weighted by Gasteiger charge is 2.25. The van der Waals surface area contributed by atoms with E-state index in [2.05, 4.69) is 32.3 Å². The molecule has 33 heavy (non-hydrogen) atoms. The number of hydrogen-bond acceptors (Lipinski definition) is 7. The van der Waals surface area contributed by atoms with Crippen molar-refractivity contribution in [3.63, 3.8) is 0 Å². The molecule has 0 atom stereocenters. The number of nitrogens with one attached hydrogen (secondary N) is 1. The average Bonchev–Trinajstić information content (AvgIpc) is 2.77. The molecule has 1 amide bonds. The summed E-state index contributed by atoms with van der Waals surface area (Å²) >= 11 is 0. The van der Waals surface area contributed by atoms with Gasteiger partial charge in [0, 0.05) is 37.1 Å². The number of ether oxygens (including phenoxy) is 3. The van der Waals surface area contributed by atoms with Gasteiger partial charge in [-0.15, -0.1) is 0 Å². The lowest BCUT2D eigenvalue weighted by Crippen LogP contribution is -2.41. The molecule has 8 nitrogen and oxygen atoms in total. The third-order valence-electron chi connectivity index (χ3n) is 6.19. The van der Waals surface area contributed by atoms with E-state index in [-0.39, 0.29) is 12.1 Å². The monoisotopic (exact) mass is 456 g/mol. The minimum atomic E-state index is -0.476. The molecule has 0 radical (unpaired) electrons. The van der Waals surface area contributed by atoms with Gasteiger partial charge in [-0.05, 0) is 65.4 Å². The van der Waals surface area contributed by atoms with Gasteiger partial charge in [-0.1, -0.05) is 0 Å². The summed E-state index contributed by atoms with van der Waals surface area (Å²) in [6.07, 6.45) is 5.42. The zero-order valence-electron chi connectivity index (χ0n) is 20.2.